The van der Waals surface area contributed by atoms with E-state index in [1.54, 1.807) is 50.2 Å². The van der Waals surface area contributed by atoms with E-state index in [1.165, 1.54) is 6.21 Å². The van der Waals surface area contributed by atoms with Crippen LogP contribution in [0.3, 0.4) is 0 Å². The van der Waals surface area contributed by atoms with Crippen LogP contribution < -0.4 is 25.5 Å². The van der Waals surface area contributed by atoms with Crippen molar-refractivity contribution in [3.63, 3.8) is 0 Å². The highest BCUT2D eigenvalue weighted by Gasteiger charge is 2.32. The maximum Gasteiger partial charge on any atom is 0.338 e. The molecule has 0 unspecified atom stereocenters. The van der Waals surface area contributed by atoms with E-state index in [1.807, 2.05) is 6.92 Å². The number of halogens is 2. The van der Waals surface area contributed by atoms with Crippen molar-refractivity contribution in [2.75, 3.05) is 19.8 Å². The topological polar surface area (TPSA) is 110 Å². The number of rotatable bonds is 10. The number of hydrogen-bond donors (Lipinski definition) is 3. The maximum atomic E-state index is 12.7. The number of allylic oxidation sites excluding steroid dienone is 1. The fraction of sp³-hybridized carbons (Fsp3) is 0.280. The van der Waals surface area contributed by atoms with Crippen molar-refractivity contribution < 1.29 is 23.8 Å². The first-order valence-corrected chi connectivity index (χ1v) is 12.5. The van der Waals surface area contributed by atoms with E-state index in [4.69, 9.17) is 49.6 Å². The van der Waals surface area contributed by atoms with Gasteiger partial charge in [0.2, 0.25) is 0 Å². The average Bonchev–Trinajstić information content (AvgIpc) is 2.84. The normalized spacial score (nSPS) is 15.2. The van der Waals surface area contributed by atoms with Crippen molar-refractivity contribution >= 4 is 58.6 Å². The molecule has 0 fully saturated rings. The number of esters is 1. The minimum Gasteiger partial charge on any atom is -0.492 e. The number of thiocarbonyl (C=S) groups is 1. The van der Waals surface area contributed by atoms with E-state index in [0.29, 0.717) is 55.7 Å². The van der Waals surface area contributed by atoms with Gasteiger partial charge in [0.1, 0.15) is 11.5 Å². The molecule has 37 heavy (non-hydrogen) atoms. The van der Waals surface area contributed by atoms with Crippen LogP contribution in [-0.2, 0) is 14.3 Å². The van der Waals surface area contributed by atoms with Gasteiger partial charge < -0.3 is 24.8 Å². The van der Waals surface area contributed by atoms with Crippen LogP contribution in [0.4, 0.5) is 0 Å². The quantitative estimate of drug-likeness (QED) is 0.170. The highest BCUT2D eigenvalue weighted by Crippen LogP contribution is 2.34. The van der Waals surface area contributed by atoms with Crippen LogP contribution in [0, 0.1) is 0 Å². The van der Waals surface area contributed by atoms with E-state index in [0.717, 1.165) is 0 Å². The second-order valence-corrected chi connectivity index (χ2v) is 8.90. The minimum absolute atomic E-state index is 0.221. The maximum absolute atomic E-state index is 12.7. The molecule has 12 heteroatoms. The van der Waals surface area contributed by atoms with E-state index >= 15 is 0 Å². The number of carbonyl (C=O) groups is 2. The predicted octanol–water partition coefficient (Wildman–Crippen LogP) is 4.28. The fourth-order valence-electron chi connectivity index (χ4n) is 3.58. The number of benzene rings is 2. The van der Waals surface area contributed by atoms with Gasteiger partial charge in [0.25, 0.3) is 5.91 Å². The van der Waals surface area contributed by atoms with Gasteiger partial charge in [-0.25, -0.2) is 10.2 Å². The van der Waals surface area contributed by atoms with E-state index < -0.39 is 17.9 Å². The summed E-state index contributed by atoms with van der Waals surface area (Å²) in [6, 6.07) is 9.57. The number of para-hydroxylation sites is 1. The summed E-state index contributed by atoms with van der Waals surface area (Å²) in [5, 5.41) is 11.1. The number of hydrazone groups is 1. The third kappa shape index (κ3) is 7.34. The Kier molecular flexibility index (Phi) is 10.1. The van der Waals surface area contributed by atoms with Crippen LogP contribution >= 0.6 is 35.4 Å². The number of amides is 1. The molecule has 0 saturated carbocycles. The SMILES string of the molecule is CCOC(=O)C1=C(C)NC(=S)N[C@@H]1c1ccccc1OCC(=O)NN=Cc1cc(Cl)cc(Cl)c1OCC. The molecule has 1 aliphatic heterocycles. The molecule has 196 valence electrons. The lowest BCUT2D eigenvalue weighted by molar-refractivity contribution is -0.139. The van der Waals surface area contributed by atoms with Crippen LogP contribution in [0.15, 0.2) is 52.8 Å². The summed E-state index contributed by atoms with van der Waals surface area (Å²) in [6.45, 7) is 5.57. The van der Waals surface area contributed by atoms with Crippen LogP contribution in [0.1, 0.15) is 37.9 Å². The Morgan fingerprint density at radius 2 is 1.92 bits per heavy atom. The summed E-state index contributed by atoms with van der Waals surface area (Å²) in [5.41, 5.74) is 4.46. The second-order valence-electron chi connectivity index (χ2n) is 7.65. The van der Waals surface area contributed by atoms with Crippen molar-refractivity contribution in [1.82, 2.24) is 16.1 Å². The number of carbonyl (C=O) groups excluding carboxylic acids is 2. The van der Waals surface area contributed by atoms with Crippen LogP contribution in [0.5, 0.6) is 11.5 Å². The Hall–Kier alpha value is -3.34. The lowest BCUT2D eigenvalue weighted by Crippen LogP contribution is -2.45. The van der Waals surface area contributed by atoms with Crippen molar-refractivity contribution in [1.29, 1.82) is 0 Å². The van der Waals surface area contributed by atoms with Gasteiger partial charge in [0.15, 0.2) is 11.7 Å². The van der Waals surface area contributed by atoms with E-state index in [2.05, 4.69) is 21.2 Å². The molecule has 0 radical (unpaired) electrons. The largest absolute Gasteiger partial charge is 0.492 e. The first-order chi connectivity index (χ1) is 17.7. The van der Waals surface area contributed by atoms with Crippen LogP contribution in [0.25, 0.3) is 0 Å². The van der Waals surface area contributed by atoms with Gasteiger partial charge in [-0.3, -0.25) is 4.79 Å². The van der Waals surface area contributed by atoms with Gasteiger partial charge in [-0.05, 0) is 51.2 Å². The van der Waals surface area contributed by atoms with Gasteiger partial charge in [0.05, 0.1) is 36.1 Å². The van der Waals surface area contributed by atoms with Crippen molar-refractivity contribution in [3.8, 4) is 11.5 Å². The van der Waals surface area contributed by atoms with Crippen molar-refractivity contribution in [2.45, 2.75) is 26.8 Å². The molecule has 0 aromatic heterocycles. The molecule has 3 rings (SSSR count). The fourth-order valence-corrected chi connectivity index (χ4v) is 4.41. The Balaban J connectivity index is 1.73. The lowest BCUT2D eigenvalue weighted by atomic mass is 9.95. The standard InChI is InChI=1S/C25H26Cl2N4O5S/c1-4-34-23-15(10-16(26)11-18(23)27)12-28-31-20(32)13-36-19-9-7-6-8-17(19)22-21(24(33)35-5-2)14(3)29-25(37)30-22/h6-12,22H,4-5,13H2,1-3H3,(H,31,32)(H2,29,30,37)/t22-/m1/s1. The summed E-state index contributed by atoms with van der Waals surface area (Å²) >= 11 is 17.5. The van der Waals surface area contributed by atoms with Crippen molar-refractivity contribution in [2.24, 2.45) is 5.10 Å². The molecule has 9 nitrogen and oxygen atoms in total. The highest BCUT2D eigenvalue weighted by molar-refractivity contribution is 7.80. The Bertz CT molecular complexity index is 1250. The molecule has 1 atom stereocenters. The molecule has 1 heterocycles. The Labute approximate surface area is 230 Å². The second kappa shape index (κ2) is 13.3. The lowest BCUT2D eigenvalue weighted by Gasteiger charge is -2.30. The third-order valence-electron chi connectivity index (χ3n) is 5.07. The number of ether oxygens (including phenoxy) is 3. The van der Waals surface area contributed by atoms with E-state index in [-0.39, 0.29) is 13.2 Å². The summed E-state index contributed by atoms with van der Waals surface area (Å²) < 4.78 is 16.5. The molecule has 3 N–H and O–H groups in total. The van der Waals surface area contributed by atoms with E-state index in [9.17, 15) is 9.59 Å². The molecule has 0 spiro atoms. The first kappa shape index (κ1) is 28.2. The summed E-state index contributed by atoms with van der Waals surface area (Å²) in [5.74, 6) is -0.200. The van der Waals surface area contributed by atoms with Gasteiger partial charge in [-0.1, -0.05) is 41.4 Å². The molecular weight excluding hydrogens is 539 g/mol. The zero-order valence-electron chi connectivity index (χ0n) is 20.4. The number of nitrogens with zero attached hydrogens (tertiary/aromatic N) is 1. The molecule has 0 saturated heterocycles. The molecular formula is C25H26Cl2N4O5S. The summed E-state index contributed by atoms with van der Waals surface area (Å²) in [6.07, 6.45) is 1.38. The predicted molar refractivity (Wildman–Crippen MR) is 146 cm³/mol. The third-order valence-corrected chi connectivity index (χ3v) is 5.79. The smallest absolute Gasteiger partial charge is 0.338 e. The van der Waals surface area contributed by atoms with Gasteiger partial charge in [0, 0.05) is 21.8 Å². The zero-order chi connectivity index (χ0) is 26.9. The molecule has 2 aromatic carbocycles. The Morgan fingerprint density at radius 3 is 2.65 bits per heavy atom. The first-order valence-electron chi connectivity index (χ1n) is 11.4. The van der Waals surface area contributed by atoms with Crippen LogP contribution in [0.2, 0.25) is 10.0 Å². The molecule has 1 aliphatic rings. The summed E-state index contributed by atoms with van der Waals surface area (Å²) in [7, 11) is 0. The number of hydrogen-bond acceptors (Lipinski definition) is 7. The minimum atomic E-state index is -0.630. The number of nitrogens with one attached hydrogen (secondary N) is 3. The molecule has 1 amide bonds. The van der Waals surface area contributed by atoms with Gasteiger partial charge in [-0.2, -0.15) is 5.10 Å². The molecule has 0 bridgehead atoms. The van der Waals surface area contributed by atoms with Crippen molar-refractivity contribution in [3.05, 3.63) is 68.8 Å². The zero-order valence-corrected chi connectivity index (χ0v) is 22.7. The average molecular weight is 565 g/mol. The summed E-state index contributed by atoms with van der Waals surface area (Å²) in [4.78, 5) is 25.1. The molecule has 0 aliphatic carbocycles. The molecule has 2 aromatic rings. The highest BCUT2D eigenvalue weighted by atomic mass is 35.5. The monoisotopic (exact) mass is 564 g/mol. The van der Waals surface area contributed by atoms with Gasteiger partial charge in [-0.15, -0.1) is 0 Å². The van der Waals surface area contributed by atoms with Crippen LogP contribution in [-0.4, -0.2) is 43.0 Å². The Morgan fingerprint density at radius 1 is 1.16 bits per heavy atom. The van der Waals surface area contributed by atoms with Gasteiger partial charge >= 0.3 is 5.97 Å².